The molecule has 1 saturated carbocycles. The van der Waals surface area contributed by atoms with E-state index in [-0.39, 0.29) is 5.41 Å². The lowest BCUT2D eigenvalue weighted by Gasteiger charge is -2.28. The van der Waals surface area contributed by atoms with Gasteiger partial charge < -0.3 is 10.7 Å². The molecule has 1 fully saturated rings. The highest BCUT2D eigenvalue weighted by Gasteiger charge is 2.37. The Morgan fingerprint density at radius 1 is 1.25 bits per heavy atom. The zero-order valence-corrected chi connectivity index (χ0v) is 12.9. The predicted molar refractivity (Wildman–Crippen MR) is 86.3 cm³/mol. The molecule has 0 bridgehead atoms. The molecular formula is C18H26N2. The average molecular weight is 270 g/mol. The normalized spacial score (nSPS) is 18.2. The number of aromatic amines is 1. The van der Waals surface area contributed by atoms with Gasteiger partial charge in [-0.3, -0.25) is 0 Å². The maximum absolute atomic E-state index is 6.20. The molecule has 0 atom stereocenters. The summed E-state index contributed by atoms with van der Waals surface area (Å²) in [5.74, 6) is 0.569. The van der Waals surface area contributed by atoms with Gasteiger partial charge in [-0.15, -0.1) is 0 Å². The van der Waals surface area contributed by atoms with Crippen molar-refractivity contribution in [2.45, 2.75) is 57.8 Å². The van der Waals surface area contributed by atoms with Crippen LogP contribution in [-0.4, -0.2) is 11.5 Å². The molecule has 1 heterocycles. The summed E-state index contributed by atoms with van der Waals surface area (Å²) in [7, 11) is 0. The Morgan fingerprint density at radius 2 is 1.95 bits per heavy atom. The van der Waals surface area contributed by atoms with Crippen molar-refractivity contribution < 1.29 is 0 Å². The first kappa shape index (κ1) is 13.7. The SMILES string of the molecule is Cc1[nH]c2ccc(C(C)C)cc2c1C1(CN)CCCC1. The van der Waals surface area contributed by atoms with Crippen molar-refractivity contribution in [3.63, 3.8) is 0 Å². The summed E-state index contributed by atoms with van der Waals surface area (Å²) in [5, 5.41) is 1.40. The molecule has 20 heavy (non-hydrogen) atoms. The van der Waals surface area contributed by atoms with Gasteiger partial charge in [0.25, 0.3) is 0 Å². The summed E-state index contributed by atoms with van der Waals surface area (Å²) in [6.07, 6.45) is 5.10. The topological polar surface area (TPSA) is 41.8 Å². The van der Waals surface area contributed by atoms with E-state index in [9.17, 15) is 0 Å². The molecule has 0 aliphatic heterocycles. The summed E-state index contributed by atoms with van der Waals surface area (Å²) in [5.41, 5.74) is 11.9. The number of hydrogen-bond acceptors (Lipinski definition) is 1. The minimum absolute atomic E-state index is 0.206. The Bertz CT molecular complexity index is 616. The maximum Gasteiger partial charge on any atom is 0.0459 e. The number of fused-ring (bicyclic) bond motifs is 1. The molecule has 3 rings (SSSR count). The molecule has 0 unspecified atom stereocenters. The third-order valence-corrected chi connectivity index (χ3v) is 5.16. The van der Waals surface area contributed by atoms with Crippen molar-refractivity contribution in [2.24, 2.45) is 5.73 Å². The highest BCUT2D eigenvalue weighted by molar-refractivity contribution is 5.86. The number of benzene rings is 1. The molecule has 0 radical (unpaired) electrons. The Morgan fingerprint density at radius 3 is 2.55 bits per heavy atom. The standard InChI is InChI=1S/C18H26N2/c1-12(2)14-6-7-16-15(10-14)17(13(3)20-16)18(11-19)8-4-5-9-18/h6-7,10,12,20H,4-5,8-9,11,19H2,1-3H3. The number of aromatic nitrogens is 1. The minimum atomic E-state index is 0.206. The molecule has 0 spiro atoms. The highest BCUT2D eigenvalue weighted by Crippen LogP contribution is 2.45. The number of nitrogens with two attached hydrogens (primary N) is 1. The molecular weight excluding hydrogens is 244 g/mol. The van der Waals surface area contributed by atoms with Gasteiger partial charge in [-0.05, 0) is 48.9 Å². The predicted octanol–water partition coefficient (Wildman–Crippen LogP) is 4.37. The second kappa shape index (κ2) is 4.92. The molecule has 1 aromatic heterocycles. The van der Waals surface area contributed by atoms with Crippen molar-refractivity contribution in [1.82, 2.24) is 4.98 Å². The van der Waals surface area contributed by atoms with Gasteiger partial charge in [0.1, 0.15) is 0 Å². The molecule has 2 nitrogen and oxygen atoms in total. The number of nitrogens with one attached hydrogen (secondary N) is 1. The van der Waals surface area contributed by atoms with E-state index >= 15 is 0 Å². The number of hydrogen-bond donors (Lipinski definition) is 2. The lowest BCUT2D eigenvalue weighted by molar-refractivity contribution is 0.454. The van der Waals surface area contributed by atoms with Crippen LogP contribution >= 0.6 is 0 Å². The van der Waals surface area contributed by atoms with Gasteiger partial charge in [0.05, 0.1) is 0 Å². The fourth-order valence-corrected chi connectivity index (χ4v) is 3.99. The monoisotopic (exact) mass is 270 g/mol. The van der Waals surface area contributed by atoms with Crippen LogP contribution in [0.1, 0.15) is 62.3 Å². The van der Waals surface area contributed by atoms with Crippen LogP contribution in [0.2, 0.25) is 0 Å². The molecule has 1 aliphatic carbocycles. The van der Waals surface area contributed by atoms with E-state index in [0.29, 0.717) is 5.92 Å². The lowest BCUT2D eigenvalue weighted by Crippen LogP contribution is -2.32. The van der Waals surface area contributed by atoms with Crippen molar-refractivity contribution >= 4 is 10.9 Å². The Labute approximate surface area is 121 Å². The fourth-order valence-electron chi connectivity index (χ4n) is 3.99. The van der Waals surface area contributed by atoms with Crippen LogP contribution < -0.4 is 5.73 Å². The van der Waals surface area contributed by atoms with Crippen LogP contribution in [0.4, 0.5) is 0 Å². The third-order valence-electron chi connectivity index (χ3n) is 5.16. The first-order valence-electron chi connectivity index (χ1n) is 7.90. The van der Waals surface area contributed by atoms with Gasteiger partial charge in [0.15, 0.2) is 0 Å². The van der Waals surface area contributed by atoms with E-state index in [1.165, 1.54) is 53.4 Å². The van der Waals surface area contributed by atoms with Crippen molar-refractivity contribution in [3.8, 4) is 0 Å². The van der Waals surface area contributed by atoms with Gasteiger partial charge in [-0.25, -0.2) is 0 Å². The van der Waals surface area contributed by atoms with E-state index in [0.717, 1.165) is 6.54 Å². The van der Waals surface area contributed by atoms with Gasteiger partial charge >= 0.3 is 0 Å². The fraction of sp³-hybridized carbons (Fsp3) is 0.556. The Balaban J connectivity index is 2.23. The number of rotatable bonds is 3. The molecule has 0 amide bonds. The number of H-pyrrole nitrogens is 1. The molecule has 108 valence electrons. The summed E-state index contributed by atoms with van der Waals surface area (Å²) < 4.78 is 0. The molecule has 0 saturated heterocycles. The van der Waals surface area contributed by atoms with E-state index in [1.54, 1.807) is 0 Å². The lowest BCUT2D eigenvalue weighted by atomic mass is 9.77. The van der Waals surface area contributed by atoms with Crippen LogP contribution in [0.25, 0.3) is 10.9 Å². The maximum atomic E-state index is 6.20. The molecule has 3 N–H and O–H groups in total. The quantitative estimate of drug-likeness (QED) is 0.854. The van der Waals surface area contributed by atoms with Crippen LogP contribution in [0.3, 0.4) is 0 Å². The van der Waals surface area contributed by atoms with E-state index in [2.05, 4.69) is 44.0 Å². The molecule has 1 aliphatic rings. The zero-order valence-electron chi connectivity index (χ0n) is 12.9. The first-order valence-corrected chi connectivity index (χ1v) is 7.90. The van der Waals surface area contributed by atoms with Gasteiger partial charge in [-0.1, -0.05) is 32.8 Å². The van der Waals surface area contributed by atoms with Gasteiger partial charge in [0.2, 0.25) is 0 Å². The molecule has 2 aromatic rings. The number of aryl methyl sites for hydroxylation is 1. The average Bonchev–Trinajstić information content (AvgIpc) is 3.01. The second-order valence-corrected chi connectivity index (χ2v) is 6.78. The largest absolute Gasteiger partial charge is 0.358 e. The first-order chi connectivity index (χ1) is 9.57. The van der Waals surface area contributed by atoms with Crippen molar-refractivity contribution in [1.29, 1.82) is 0 Å². The highest BCUT2D eigenvalue weighted by atomic mass is 14.7. The van der Waals surface area contributed by atoms with Crippen LogP contribution in [0.5, 0.6) is 0 Å². The van der Waals surface area contributed by atoms with Crippen LogP contribution in [0, 0.1) is 6.92 Å². The Kier molecular flexibility index (Phi) is 3.37. The molecule has 2 heteroatoms. The van der Waals surface area contributed by atoms with Gasteiger partial charge in [-0.2, -0.15) is 0 Å². The second-order valence-electron chi connectivity index (χ2n) is 6.78. The van der Waals surface area contributed by atoms with E-state index in [1.807, 2.05) is 0 Å². The van der Waals surface area contributed by atoms with E-state index < -0.39 is 0 Å². The minimum Gasteiger partial charge on any atom is -0.358 e. The smallest absolute Gasteiger partial charge is 0.0459 e. The summed E-state index contributed by atoms with van der Waals surface area (Å²) in [4.78, 5) is 3.57. The zero-order chi connectivity index (χ0) is 14.3. The summed E-state index contributed by atoms with van der Waals surface area (Å²) in [6.45, 7) is 7.50. The van der Waals surface area contributed by atoms with Crippen LogP contribution in [0.15, 0.2) is 18.2 Å². The summed E-state index contributed by atoms with van der Waals surface area (Å²) >= 11 is 0. The molecule has 1 aromatic carbocycles. The van der Waals surface area contributed by atoms with E-state index in [4.69, 9.17) is 5.73 Å². The van der Waals surface area contributed by atoms with Gasteiger partial charge in [0, 0.05) is 28.6 Å². The van der Waals surface area contributed by atoms with Crippen molar-refractivity contribution in [2.75, 3.05) is 6.54 Å². The van der Waals surface area contributed by atoms with Crippen molar-refractivity contribution in [3.05, 3.63) is 35.0 Å². The Hall–Kier alpha value is -1.28. The summed E-state index contributed by atoms with van der Waals surface area (Å²) in [6, 6.07) is 6.87. The third kappa shape index (κ3) is 1.98. The van der Waals surface area contributed by atoms with Crippen LogP contribution in [-0.2, 0) is 5.41 Å².